The summed E-state index contributed by atoms with van der Waals surface area (Å²) in [6.45, 7) is 2.78. The highest BCUT2D eigenvalue weighted by atomic mass is 35.5. The van der Waals surface area contributed by atoms with E-state index >= 15 is 0 Å². The van der Waals surface area contributed by atoms with Crippen molar-refractivity contribution in [2.24, 2.45) is 0 Å². The summed E-state index contributed by atoms with van der Waals surface area (Å²) < 4.78 is 5.32. The fourth-order valence-corrected chi connectivity index (χ4v) is 2.44. The van der Waals surface area contributed by atoms with Gasteiger partial charge in [0.05, 0.1) is 23.8 Å². The Hall–Kier alpha value is -2.25. The van der Waals surface area contributed by atoms with Gasteiger partial charge in [0.2, 0.25) is 5.28 Å². The summed E-state index contributed by atoms with van der Waals surface area (Å²) in [7, 11) is 0. The summed E-state index contributed by atoms with van der Waals surface area (Å²) in [6, 6.07) is 8.03. The van der Waals surface area contributed by atoms with Crippen molar-refractivity contribution < 1.29 is 9.66 Å². The summed E-state index contributed by atoms with van der Waals surface area (Å²) in [5.74, 6) is 0.733. The maximum absolute atomic E-state index is 10.7. The van der Waals surface area contributed by atoms with Gasteiger partial charge in [-0.25, -0.2) is 9.97 Å². The predicted octanol–water partition coefficient (Wildman–Crippen LogP) is 2.54. The normalized spacial score (nSPS) is 14.9. The van der Waals surface area contributed by atoms with Crippen LogP contribution in [-0.2, 0) is 4.74 Å². The third-order valence-electron chi connectivity index (χ3n) is 3.39. The van der Waals surface area contributed by atoms with Crippen LogP contribution in [0.15, 0.2) is 30.3 Å². The van der Waals surface area contributed by atoms with Gasteiger partial charge >= 0.3 is 0 Å². The molecule has 0 bridgehead atoms. The quantitative estimate of drug-likeness (QED) is 0.491. The minimum atomic E-state index is -0.435. The molecule has 1 aromatic heterocycles. The van der Waals surface area contributed by atoms with E-state index in [9.17, 15) is 10.1 Å². The van der Waals surface area contributed by atoms with Gasteiger partial charge in [0.25, 0.3) is 5.69 Å². The Balaban J connectivity index is 1.92. The van der Waals surface area contributed by atoms with Crippen molar-refractivity contribution in [1.29, 1.82) is 0 Å². The van der Waals surface area contributed by atoms with Crippen molar-refractivity contribution in [2.75, 3.05) is 31.2 Å². The summed E-state index contributed by atoms with van der Waals surface area (Å²) >= 11 is 6.01. The van der Waals surface area contributed by atoms with Crippen molar-refractivity contribution in [1.82, 2.24) is 9.97 Å². The van der Waals surface area contributed by atoms with Gasteiger partial charge in [0.15, 0.2) is 0 Å². The van der Waals surface area contributed by atoms with E-state index in [0.29, 0.717) is 18.9 Å². The van der Waals surface area contributed by atoms with Crippen molar-refractivity contribution in [3.63, 3.8) is 0 Å². The van der Waals surface area contributed by atoms with Crippen LogP contribution in [0.4, 0.5) is 11.5 Å². The third-order valence-corrected chi connectivity index (χ3v) is 3.56. The van der Waals surface area contributed by atoms with Gasteiger partial charge in [0, 0.05) is 36.9 Å². The van der Waals surface area contributed by atoms with E-state index in [1.54, 1.807) is 12.1 Å². The molecule has 0 radical (unpaired) electrons. The fraction of sp³-hybridized carbons (Fsp3) is 0.286. The zero-order valence-corrected chi connectivity index (χ0v) is 12.4. The average Bonchev–Trinajstić information content (AvgIpc) is 2.55. The molecule has 0 aliphatic carbocycles. The second kappa shape index (κ2) is 6.25. The van der Waals surface area contributed by atoms with Crippen LogP contribution in [-0.4, -0.2) is 41.2 Å². The number of non-ortho nitro benzene ring substituents is 1. The lowest BCUT2D eigenvalue weighted by molar-refractivity contribution is -0.384. The van der Waals surface area contributed by atoms with Crippen LogP contribution >= 0.6 is 11.6 Å². The molecule has 0 amide bonds. The molecule has 22 heavy (non-hydrogen) atoms. The number of rotatable bonds is 3. The predicted molar refractivity (Wildman–Crippen MR) is 82.2 cm³/mol. The molecule has 0 unspecified atom stereocenters. The second-order valence-electron chi connectivity index (χ2n) is 4.78. The highest BCUT2D eigenvalue weighted by molar-refractivity contribution is 6.28. The summed E-state index contributed by atoms with van der Waals surface area (Å²) in [5.41, 5.74) is 1.43. The molecule has 8 heteroatoms. The van der Waals surface area contributed by atoms with E-state index in [1.807, 2.05) is 6.07 Å². The second-order valence-corrected chi connectivity index (χ2v) is 5.12. The van der Waals surface area contributed by atoms with E-state index in [4.69, 9.17) is 16.3 Å². The molecule has 0 atom stereocenters. The van der Waals surface area contributed by atoms with Gasteiger partial charge < -0.3 is 9.64 Å². The molecular weight excluding hydrogens is 308 g/mol. The highest BCUT2D eigenvalue weighted by Gasteiger charge is 2.15. The molecule has 0 saturated carbocycles. The number of anilines is 1. The summed E-state index contributed by atoms with van der Waals surface area (Å²) in [6.07, 6.45) is 0. The smallest absolute Gasteiger partial charge is 0.269 e. The van der Waals surface area contributed by atoms with E-state index in [2.05, 4.69) is 14.9 Å². The van der Waals surface area contributed by atoms with Gasteiger partial charge in [-0.05, 0) is 23.7 Å². The van der Waals surface area contributed by atoms with E-state index in [-0.39, 0.29) is 11.0 Å². The molecule has 7 nitrogen and oxygen atoms in total. The van der Waals surface area contributed by atoms with Crippen LogP contribution in [0.2, 0.25) is 5.28 Å². The zero-order valence-electron chi connectivity index (χ0n) is 11.6. The number of nitrogens with zero attached hydrogens (tertiary/aromatic N) is 4. The van der Waals surface area contributed by atoms with Gasteiger partial charge in [0.1, 0.15) is 5.82 Å². The van der Waals surface area contributed by atoms with Crippen LogP contribution in [0.25, 0.3) is 11.3 Å². The first-order valence-corrected chi connectivity index (χ1v) is 7.13. The van der Waals surface area contributed by atoms with E-state index in [1.165, 1.54) is 12.1 Å². The first-order valence-electron chi connectivity index (χ1n) is 6.75. The number of hydrogen-bond donors (Lipinski definition) is 0. The van der Waals surface area contributed by atoms with Crippen LogP contribution in [0, 0.1) is 10.1 Å². The van der Waals surface area contributed by atoms with Crippen molar-refractivity contribution in [3.8, 4) is 11.3 Å². The van der Waals surface area contributed by atoms with Gasteiger partial charge in [-0.2, -0.15) is 0 Å². The highest BCUT2D eigenvalue weighted by Crippen LogP contribution is 2.25. The Bertz CT molecular complexity index is 687. The monoisotopic (exact) mass is 320 g/mol. The number of nitro groups is 1. The SMILES string of the molecule is O=[N+]([O-])c1ccc(-c2cc(N3CCOCC3)nc(Cl)n2)cc1. The molecule has 114 valence electrons. The van der Waals surface area contributed by atoms with Crippen molar-refractivity contribution in [2.45, 2.75) is 0 Å². The number of halogens is 1. The molecule has 1 aliphatic rings. The fourth-order valence-electron chi connectivity index (χ4n) is 2.26. The minimum absolute atomic E-state index is 0.0392. The lowest BCUT2D eigenvalue weighted by Gasteiger charge is -2.28. The first kappa shape index (κ1) is 14.7. The molecule has 2 heterocycles. The Kier molecular flexibility index (Phi) is 4.17. The molecule has 2 aromatic rings. The van der Waals surface area contributed by atoms with Crippen LogP contribution < -0.4 is 4.90 Å². The zero-order chi connectivity index (χ0) is 15.5. The Morgan fingerprint density at radius 3 is 2.50 bits per heavy atom. The maximum atomic E-state index is 10.7. The molecule has 1 saturated heterocycles. The number of ether oxygens (including phenoxy) is 1. The van der Waals surface area contributed by atoms with Crippen LogP contribution in [0.3, 0.4) is 0 Å². The Labute approximate surface area is 131 Å². The molecular formula is C14H13ClN4O3. The van der Waals surface area contributed by atoms with Crippen LogP contribution in [0.5, 0.6) is 0 Å². The van der Waals surface area contributed by atoms with Gasteiger partial charge in [-0.15, -0.1) is 0 Å². The van der Waals surface area contributed by atoms with Crippen molar-refractivity contribution in [3.05, 3.63) is 45.7 Å². The molecule has 0 spiro atoms. The van der Waals surface area contributed by atoms with Gasteiger partial charge in [-0.1, -0.05) is 0 Å². The average molecular weight is 321 g/mol. The first-order chi connectivity index (χ1) is 10.6. The number of aromatic nitrogens is 2. The standard InChI is InChI=1S/C14H13ClN4O3/c15-14-16-12(10-1-3-11(4-2-10)19(20)21)9-13(17-14)18-5-7-22-8-6-18/h1-4,9H,5-8H2. The summed E-state index contributed by atoms with van der Waals surface area (Å²) in [5, 5.41) is 10.9. The molecule has 1 aromatic carbocycles. The number of nitro benzene ring substituents is 1. The number of hydrogen-bond acceptors (Lipinski definition) is 6. The van der Waals surface area contributed by atoms with Crippen LogP contribution in [0.1, 0.15) is 0 Å². The minimum Gasteiger partial charge on any atom is -0.378 e. The lowest BCUT2D eigenvalue weighted by Crippen LogP contribution is -2.36. The number of benzene rings is 1. The van der Waals surface area contributed by atoms with E-state index in [0.717, 1.165) is 24.5 Å². The Morgan fingerprint density at radius 2 is 1.86 bits per heavy atom. The molecule has 1 aliphatic heterocycles. The molecule has 1 fully saturated rings. The van der Waals surface area contributed by atoms with Gasteiger partial charge in [-0.3, -0.25) is 10.1 Å². The maximum Gasteiger partial charge on any atom is 0.269 e. The van der Waals surface area contributed by atoms with Crippen molar-refractivity contribution >= 4 is 23.1 Å². The third kappa shape index (κ3) is 3.15. The molecule has 0 N–H and O–H groups in total. The Morgan fingerprint density at radius 1 is 1.18 bits per heavy atom. The largest absolute Gasteiger partial charge is 0.378 e. The number of morpholine rings is 1. The topological polar surface area (TPSA) is 81.4 Å². The summed E-state index contributed by atoms with van der Waals surface area (Å²) in [4.78, 5) is 20.8. The lowest BCUT2D eigenvalue weighted by atomic mass is 10.1. The van der Waals surface area contributed by atoms with E-state index < -0.39 is 4.92 Å². The molecule has 3 rings (SSSR count).